The molecule has 1 aromatic rings. The Labute approximate surface area is 101 Å². The second-order valence-corrected chi connectivity index (χ2v) is 5.16. The van der Waals surface area contributed by atoms with Gasteiger partial charge in [-0.2, -0.15) is 0 Å². The molecule has 90 valence electrons. The van der Waals surface area contributed by atoms with Crippen LogP contribution in [0.25, 0.3) is 0 Å². The maximum atomic E-state index is 5.73. The highest BCUT2D eigenvalue weighted by atomic mass is 32.1. The normalized spacial score (nSPS) is 16.8. The van der Waals surface area contributed by atoms with Gasteiger partial charge in [0.05, 0.1) is 11.5 Å². The Kier molecular flexibility index (Phi) is 4.63. The molecule has 0 saturated carbocycles. The minimum atomic E-state index is 0.582. The minimum Gasteiger partial charge on any atom is -0.492 e. The molecule has 0 aliphatic carbocycles. The number of likely N-dealkylation sites (tertiary alicyclic amines) is 1. The molecule has 2 heterocycles. The molecule has 1 fully saturated rings. The van der Waals surface area contributed by atoms with E-state index >= 15 is 0 Å². The second-order valence-electron chi connectivity index (χ2n) is 4.16. The molecule has 0 unspecified atom stereocenters. The van der Waals surface area contributed by atoms with Crippen LogP contribution >= 0.6 is 11.3 Å². The lowest BCUT2D eigenvalue weighted by molar-refractivity contribution is 0.262. The molecule has 2 N–H and O–H groups in total. The maximum absolute atomic E-state index is 5.73. The van der Waals surface area contributed by atoms with Crippen LogP contribution in [0.1, 0.15) is 24.1 Å². The standard InChI is InChI=1S/C12H20N2OS/c13-10-12-11(4-9-16-12)15-8-3-7-14-5-1-2-6-14/h4,9H,1-3,5-8,10,13H2. The van der Waals surface area contributed by atoms with E-state index in [1.165, 1.54) is 32.5 Å². The molecule has 0 spiro atoms. The van der Waals surface area contributed by atoms with E-state index in [1.54, 1.807) is 11.3 Å². The molecule has 2 rings (SSSR count). The van der Waals surface area contributed by atoms with Crippen molar-refractivity contribution in [2.75, 3.05) is 26.2 Å². The molecule has 16 heavy (non-hydrogen) atoms. The Bertz CT molecular complexity index is 308. The van der Waals surface area contributed by atoms with Crippen LogP contribution in [-0.2, 0) is 6.54 Å². The number of hydrogen-bond acceptors (Lipinski definition) is 4. The number of ether oxygens (including phenoxy) is 1. The zero-order valence-corrected chi connectivity index (χ0v) is 10.5. The fourth-order valence-electron chi connectivity index (χ4n) is 2.08. The summed E-state index contributed by atoms with van der Waals surface area (Å²) in [6.07, 6.45) is 3.84. The van der Waals surface area contributed by atoms with Crippen molar-refractivity contribution in [2.24, 2.45) is 5.73 Å². The molecule has 0 amide bonds. The van der Waals surface area contributed by atoms with Gasteiger partial charge in [0.1, 0.15) is 5.75 Å². The highest BCUT2D eigenvalue weighted by Crippen LogP contribution is 2.24. The van der Waals surface area contributed by atoms with Gasteiger partial charge in [-0.3, -0.25) is 0 Å². The molecule has 1 aliphatic rings. The minimum absolute atomic E-state index is 0.582. The van der Waals surface area contributed by atoms with E-state index in [2.05, 4.69) is 4.90 Å². The first-order valence-corrected chi connectivity index (χ1v) is 6.89. The lowest BCUT2D eigenvalue weighted by atomic mass is 10.4. The van der Waals surface area contributed by atoms with Gasteiger partial charge in [0, 0.05) is 13.1 Å². The summed E-state index contributed by atoms with van der Waals surface area (Å²) in [4.78, 5) is 3.67. The van der Waals surface area contributed by atoms with Crippen molar-refractivity contribution >= 4 is 11.3 Å². The fraction of sp³-hybridized carbons (Fsp3) is 0.667. The third kappa shape index (κ3) is 3.20. The molecular formula is C12H20N2OS. The Morgan fingerprint density at radius 2 is 2.19 bits per heavy atom. The van der Waals surface area contributed by atoms with Crippen molar-refractivity contribution in [1.82, 2.24) is 4.90 Å². The largest absolute Gasteiger partial charge is 0.492 e. The number of nitrogens with zero attached hydrogens (tertiary/aromatic N) is 1. The third-order valence-electron chi connectivity index (χ3n) is 2.96. The maximum Gasteiger partial charge on any atom is 0.134 e. The van der Waals surface area contributed by atoms with E-state index in [9.17, 15) is 0 Å². The zero-order valence-electron chi connectivity index (χ0n) is 9.65. The van der Waals surface area contributed by atoms with Crippen molar-refractivity contribution in [1.29, 1.82) is 0 Å². The average Bonchev–Trinajstić information content (AvgIpc) is 2.95. The second kappa shape index (κ2) is 6.23. The van der Waals surface area contributed by atoms with Gasteiger partial charge < -0.3 is 15.4 Å². The summed E-state index contributed by atoms with van der Waals surface area (Å²) in [7, 11) is 0. The Morgan fingerprint density at radius 3 is 2.94 bits per heavy atom. The SMILES string of the molecule is NCc1sccc1OCCCN1CCCC1. The van der Waals surface area contributed by atoms with Gasteiger partial charge in [-0.25, -0.2) is 0 Å². The van der Waals surface area contributed by atoms with Gasteiger partial charge in [0.15, 0.2) is 0 Å². The van der Waals surface area contributed by atoms with Crippen molar-refractivity contribution in [3.8, 4) is 5.75 Å². The molecule has 1 aliphatic heterocycles. The zero-order chi connectivity index (χ0) is 11.2. The third-order valence-corrected chi connectivity index (χ3v) is 3.89. The first kappa shape index (κ1) is 11.9. The van der Waals surface area contributed by atoms with Crippen LogP contribution < -0.4 is 10.5 Å². The van der Waals surface area contributed by atoms with E-state index in [4.69, 9.17) is 10.5 Å². The molecule has 1 saturated heterocycles. The average molecular weight is 240 g/mol. The number of thiophene rings is 1. The summed E-state index contributed by atoms with van der Waals surface area (Å²) in [5, 5.41) is 2.04. The van der Waals surface area contributed by atoms with Crippen molar-refractivity contribution < 1.29 is 4.74 Å². The number of hydrogen-bond donors (Lipinski definition) is 1. The quantitative estimate of drug-likeness (QED) is 0.774. The summed E-state index contributed by atoms with van der Waals surface area (Å²) in [5.41, 5.74) is 5.62. The van der Waals surface area contributed by atoms with E-state index in [1.807, 2.05) is 11.4 Å². The molecular weight excluding hydrogens is 220 g/mol. The first-order chi connectivity index (χ1) is 7.90. The van der Waals surface area contributed by atoms with Crippen LogP contribution in [0.4, 0.5) is 0 Å². The summed E-state index contributed by atoms with van der Waals surface area (Å²) < 4.78 is 5.73. The Hall–Kier alpha value is -0.580. The molecule has 3 nitrogen and oxygen atoms in total. The highest BCUT2D eigenvalue weighted by Gasteiger charge is 2.10. The highest BCUT2D eigenvalue weighted by molar-refractivity contribution is 7.10. The summed E-state index contributed by atoms with van der Waals surface area (Å²) in [6, 6.07) is 2.02. The first-order valence-electron chi connectivity index (χ1n) is 6.02. The van der Waals surface area contributed by atoms with E-state index in [0.717, 1.165) is 23.7 Å². The number of rotatable bonds is 6. The van der Waals surface area contributed by atoms with E-state index in [0.29, 0.717) is 6.54 Å². The van der Waals surface area contributed by atoms with Gasteiger partial charge in [0.25, 0.3) is 0 Å². The van der Waals surface area contributed by atoms with Crippen molar-refractivity contribution in [3.63, 3.8) is 0 Å². The molecule has 1 aromatic heterocycles. The van der Waals surface area contributed by atoms with Crippen LogP contribution in [0.3, 0.4) is 0 Å². The number of nitrogens with two attached hydrogens (primary N) is 1. The molecule has 0 bridgehead atoms. The van der Waals surface area contributed by atoms with Gasteiger partial charge >= 0.3 is 0 Å². The predicted molar refractivity (Wildman–Crippen MR) is 68.0 cm³/mol. The summed E-state index contributed by atoms with van der Waals surface area (Å²) >= 11 is 1.67. The lowest BCUT2D eigenvalue weighted by Crippen LogP contribution is -2.21. The molecule has 4 heteroatoms. The molecule has 0 atom stereocenters. The van der Waals surface area contributed by atoms with Crippen LogP contribution in [0.2, 0.25) is 0 Å². The van der Waals surface area contributed by atoms with Crippen LogP contribution in [0, 0.1) is 0 Å². The van der Waals surface area contributed by atoms with E-state index < -0.39 is 0 Å². The Morgan fingerprint density at radius 1 is 1.38 bits per heavy atom. The summed E-state index contributed by atoms with van der Waals surface area (Å²) in [6.45, 7) is 5.10. The van der Waals surface area contributed by atoms with Crippen LogP contribution in [0.5, 0.6) is 5.75 Å². The fourth-order valence-corrected chi connectivity index (χ4v) is 2.78. The molecule has 0 aromatic carbocycles. The van der Waals surface area contributed by atoms with Crippen LogP contribution in [0.15, 0.2) is 11.4 Å². The van der Waals surface area contributed by atoms with Crippen LogP contribution in [-0.4, -0.2) is 31.1 Å². The van der Waals surface area contributed by atoms with Gasteiger partial charge in [-0.05, 0) is 43.8 Å². The lowest BCUT2D eigenvalue weighted by Gasteiger charge is -2.14. The Balaban J connectivity index is 1.64. The molecule has 0 radical (unpaired) electrons. The monoisotopic (exact) mass is 240 g/mol. The van der Waals surface area contributed by atoms with Crippen molar-refractivity contribution in [2.45, 2.75) is 25.8 Å². The predicted octanol–water partition coefficient (Wildman–Crippen LogP) is 2.07. The van der Waals surface area contributed by atoms with Gasteiger partial charge in [-0.15, -0.1) is 11.3 Å². The van der Waals surface area contributed by atoms with Gasteiger partial charge in [-0.1, -0.05) is 0 Å². The van der Waals surface area contributed by atoms with Crippen molar-refractivity contribution in [3.05, 3.63) is 16.3 Å². The van der Waals surface area contributed by atoms with Gasteiger partial charge in [0.2, 0.25) is 0 Å². The smallest absolute Gasteiger partial charge is 0.134 e. The van der Waals surface area contributed by atoms with E-state index in [-0.39, 0.29) is 0 Å². The summed E-state index contributed by atoms with van der Waals surface area (Å²) in [5.74, 6) is 0.980. The topological polar surface area (TPSA) is 38.5 Å².